The minimum atomic E-state index is -0.111. The molecule has 0 atom stereocenters. The smallest absolute Gasteiger partial charge is 0.315 e. The van der Waals surface area contributed by atoms with E-state index in [1.807, 2.05) is 24.3 Å². The molecule has 0 saturated heterocycles. The maximum absolute atomic E-state index is 11.6. The Bertz CT molecular complexity index is 457. The highest BCUT2D eigenvalue weighted by molar-refractivity contribution is 7.80. The Morgan fingerprint density at radius 3 is 2.83 bits per heavy atom. The van der Waals surface area contributed by atoms with Crippen molar-refractivity contribution < 1.29 is 4.79 Å². The third kappa shape index (κ3) is 3.43. The number of nitrogens with two attached hydrogens (primary N) is 1. The second-order valence-electron chi connectivity index (χ2n) is 4.52. The number of urea groups is 1. The Balaban J connectivity index is 1.83. The van der Waals surface area contributed by atoms with Crippen molar-refractivity contribution in [1.29, 1.82) is 0 Å². The fraction of sp³-hybridized carbons (Fsp3) is 0.385. The molecule has 4 N–H and O–H groups in total. The molecule has 1 aromatic carbocycles. The molecule has 1 aliphatic rings. The fourth-order valence-electron chi connectivity index (χ4n) is 1.81. The zero-order chi connectivity index (χ0) is 13.0. The largest absolute Gasteiger partial charge is 0.389 e. The lowest BCUT2D eigenvalue weighted by Gasteiger charge is -2.26. The predicted octanol–water partition coefficient (Wildman–Crippen LogP) is 1.67. The molecule has 0 aliphatic heterocycles. The monoisotopic (exact) mass is 263 g/mol. The fourth-order valence-corrected chi connectivity index (χ4v) is 1.93. The summed E-state index contributed by atoms with van der Waals surface area (Å²) in [5, 5.41) is 5.75. The first kappa shape index (κ1) is 12.8. The van der Waals surface area contributed by atoms with Gasteiger partial charge in [-0.1, -0.05) is 30.4 Å². The number of carbonyl (C=O) groups excluding carboxylic acids is 1. The third-order valence-electron chi connectivity index (χ3n) is 3.10. The van der Waals surface area contributed by atoms with E-state index in [0.717, 1.165) is 24.0 Å². The highest BCUT2D eigenvalue weighted by Gasteiger charge is 2.18. The lowest BCUT2D eigenvalue weighted by molar-refractivity contribution is 0.228. The van der Waals surface area contributed by atoms with Gasteiger partial charge in [0.05, 0.1) is 0 Å². The first-order valence-electron chi connectivity index (χ1n) is 6.08. The van der Waals surface area contributed by atoms with Gasteiger partial charge in [-0.25, -0.2) is 4.79 Å². The summed E-state index contributed by atoms with van der Waals surface area (Å²) in [4.78, 5) is 11.9. The van der Waals surface area contributed by atoms with Crippen LogP contribution in [0.1, 0.15) is 30.4 Å². The Morgan fingerprint density at radius 1 is 1.44 bits per heavy atom. The maximum Gasteiger partial charge on any atom is 0.315 e. The van der Waals surface area contributed by atoms with Crippen LogP contribution < -0.4 is 16.4 Å². The number of nitrogens with one attached hydrogen (secondary N) is 2. The van der Waals surface area contributed by atoms with Crippen molar-refractivity contribution in [2.24, 2.45) is 5.73 Å². The van der Waals surface area contributed by atoms with Crippen molar-refractivity contribution >= 4 is 23.2 Å². The second kappa shape index (κ2) is 5.82. The summed E-state index contributed by atoms with van der Waals surface area (Å²) < 4.78 is 0. The van der Waals surface area contributed by atoms with Crippen LogP contribution in [-0.4, -0.2) is 17.1 Å². The average Bonchev–Trinajstić information content (AvgIpc) is 2.31. The van der Waals surface area contributed by atoms with E-state index < -0.39 is 0 Å². The van der Waals surface area contributed by atoms with E-state index in [0.29, 0.717) is 17.6 Å². The van der Waals surface area contributed by atoms with Crippen LogP contribution >= 0.6 is 12.2 Å². The molecule has 1 aromatic rings. The van der Waals surface area contributed by atoms with Crippen LogP contribution in [0.15, 0.2) is 24.3 Å². The van der Waals surface area contributed by atoms with Crippen molar-refractivity contribution in [2.75, 3.05) is 0 Å². The second-order valence-corrected chi connectivity index (χ2v) is 4.96. The van der Waals surface area contributed by atoms with Gasteiger partial charge in [0.2, 0.25) is 0 Å². The molecule has 96 valence electrons. The van der Waals surface area contributed by atoms with Gasteiger partial charge in [-0.3, -0.25) is 0 Å². The van der Waals surface area contributed by atoms with Crippen molar-refractivity contribution in [3.8, 4) is 0 Å². The molecule has 1 saturated carbocycles. The summed E-state index contributed by atoms with van der Waals surface area (Å²) in [5.74, 6) is 0. The van der Waals surface area contributed by atoms with Crippen LogP contribution in [-0.2, 0) is 6.54 Å². The van der Waals surface area contributed by atoms with Gasteiger partial charge in [0.25, 0.3) is 0 Å². The molecule has 5 heteroatoms. The van der Waals surface area contributed by atoms with E-state index >= 15 is 0 Å². The summed E-state index contributed by atoms with van der Waals surface area (Å²) in [6, 6.07) is 7.82. The van der Waals surface area contributed by atoms with Gasteiger partial charge in [0, 0.05) is 18.2 Å². The molecule has 1 fully saturated rings. The summed E-state index contributed by atoms with van der Waals surface area (Å²) in [5.41, 5.74) is 7.37. The first-order chi connectivity index (χ1) is 8.65. The molecule has 0 unspecified atom stereocenters. The van der Waals surface area contributed by atoms with Crippen molar-refractivity contribution in [3.63, 3.8) is 0 Å². The molecule has 0 heterocycles. The Kier molecular flexibility index (Phi) is 4.15. The number of thiocarbonyl (C=S) groups is 1. The quantitative estimate of drug-likeness (QED) is 0.724. The summed E-state index contributed by atoms with van der Waals surface area (Å²) in [6.07, 6.45) is 3.38. The number of hydrogen-bond donors (Lipinski definition) is 3. The molecular weight excluding hydrogens is 246 g/mol. The molecule has 2 rings (SSSR count). The van der Waals surface area contributed by atoms with Crippen LogP contribution in [0, 0.1) is 0 Å². The number of hydrogen-bond acceptors (Lipinski definition) is 2. The minimum Gasteiger partial charge on any atom is -0.389 e. The highest BCUT2D eigenvalue weighted by atomic mass is 32.1. The zero-order valence-corrected chi connectivity index (χ0v) is 10.9. The van der Waals surface area contributed by atoms with Crippen LogP contribution in [0.25, 0.3) is 0 Å². The van der Waals surface area contributed by atoms with Gasteiger partial charge >= 0.3 is 6.03 Å². The molecule has 18 heavy (non-hydrogen) atoms. The van der Waals surface area contributed by atoms with E-state index in [2.05, 4.69) is 10.6 Å². The van der Waals surface area contributed by atoms with Crippen molar-refractivity contribution in [1.82, 2.24) is 10.6 Å². The number of amides is 2. The lowest BCUT2D eigenvalue weighted by atomic mass is 9.93. The van der Waals surface area contributed by atoms with Crippen LogP contribution in [0.4, 0.5) is 4.79 Å². The van der Waals surface area contributed by atoms with Crippen LogP contribution in [0.5, 0.6) is 0 Å². The van der Waals surface area contributed by atoms with Crippen molar-refractivity contribution in [2.45, 2.75) is 31.8 Å². The summed E-state index contributed by atoms with van der Waals surface area (Å²) in [6.45, 7) is 0.481. The third-order valence-corrected chi connectivity index (χ3v) is 3.34. The number of carbonyl (C=O) groups is 1. The summed E-state index contributed by atoms with van der Waals surface area (Å²) in [7, 11) is 0. The van der Waals surface area contributed by atoms with E-state index in [4.69, 9.17) is 18.0 Å². The van der Waals surface area contributed by atoms with Gasteiger partial charge in [-0.15, -0.1) is 0 Å². The molecule has 0 radical (unpaired) electrons. The SMILES string of the molecule is NC(=S)c1cccc(CNC(=O)NC2CCC2)c1. The van der Waals surface area contributed by atoms with Gasteiger partial charge in [0.15, 0.2) is 0 Å². The van der Waals surface area contributed by atoms with Gasteiger partial charge in [-0.2, -0.15) is 0 Å². The van der Waals surface area contributed by atoms with Crippen LogP contribution in [0.3, 0.4) is 0 Å². The lowest BCUT2D eigenvalue weighted by Crippen LogP contribution is -2.44. The average molecular weight is 263 g/mol. The number of benzene rings is 1. The molecule has 4 nitrogen and oxygen atoms in total. The highest BCUT2D eigenvalue weighted by Crippen LogP contribution is 2.17. The normalized spacial score (nSPS) is 14.7. The number of rotatable bonds is 4. The minimum absolute atomic E-state index is 0.111. The Hall–Kier alpha value is -1.62. The van der Waals surface area contributed by atoms with E-state index in [1.54, 1.807) is 0 Å². The van der Waals surface area contributed by atoms with Gasteiger partial charge in [-0.05, 0) is 30.9 Å². The molecular formula is C13H17N3OS. The van der Waals surface area contributed by atoms with Crippen molar-refractivity contribution in [3.05, 3.63) is 35.4 Å². The summed E-state index contributed by atoms with van der Waals surface area (Å²) >= 11 is 4.92. The first-order valence-corrected chi connectivity index (χ1v) is 6.49. The van der Waals surface area contributed by atoms with E-state index in [1.165, 1.54) is 6.42 Å². The van der Waals surface area contributed by atoms with Crippen LogP contribution in [0.2, 0.25) is 0 Å². The molecule has 2 amide bonds. The molecule has 0 spiro atoms. The molecule has 1 aliphatic carbocycles. The standard InChI is InChI=1S/C13H17N3OS/c14-12(18)10-4-1-3-9(7-10)8-15-13(17)16-11-5-2-6-11/h1,3-4,7,11H,2,5-6,8H2,(H2,14,18)(H2,15,16,17). The van der Waals surface area contributed by atoms with Gasteiger partial charge < -0.3 is 16.4 Å². The molecule has 0 bridgehead atoms. The topological polar surface area (TPSA) is 67.1 Å². The zero-order valence-electron chi connectivity index (χ0n) is 10.1. The van der Waals surface area contributed by atoms with Gasteiger partial charge in [0.1, 0.15) is 4.99 Å². The maximum atomic E-state index is 11.6. The Labute approximate surface area is 112 Å². The van der Waals surface area contributed by atoms with E-state index in [-0.39, 0.29) is 6.03 Å². The predicted molar refractivity (Wildman–Crippen MR) is 75.3 cm³/mol. The Morgan fingerprint density at radius 2 is 2.22 bits per heavy atom. The molecule has 0 aromatic heterocycles. The van der Waals surface area contributed by atoms with E-state index in [9.17, 15) is 4.79 Å².